The molecule has 3 rings (SSSR count). The molecule has 0 saturated heterocycles. The summed E-state index contributed by atoms with van der Waals surface area (Å²) in [4.78, 5) is 23.7. The van der Waals surface area contributed by atoms with Crippen molar-refractivity contribution in [2.24, 2.45) is 5.92 Å². The Bertz CT molecular complexity index is 564. The Morgan fingerprint density at radius 2 is 2.14 bits per heavy atom. The van der Waals surface area contributed by atoms with Crippen LogP contribution in [0.4, 0.5) is 0 Å². The minimum absolute atomic E-state index is 0.0385. The molecule has 6 nitrogen and oxygen atoms in total. The molecule has 2 saturated carbocycles. The third kappa shape index (κ3) is 3.51. The fourth-order valence-corrected chi connectivity index (χ4v) is 3.78. The summed E-state index contributed by atoms with van der Waals surface area (Å²) in [5.41, 5.74) is -0.165. The number of carbonyl (C=O) groups excluding carboxylic acids is 1. The second-order valence-corrected chi connectivity index (χ2v) is 7.08. The average Bonchev–Trinajstić information content (AvgIpc) is 3.23. The second-order valence-electron chi connectivity index (χ2n) is 6.14. The van der Waals surface area contributed by atoms with Crippen LogP contribution in [0.15, 0.2) is 9.95 Å². The standard InChI is InChI=1S/C14H22N4O2S/c1-9-4-2-3-5-11(9)15-12(19)8-21-14-17-16-13(20)18(14)10-6-7-10/h9-11H,2-8H2,1H3,(H,15,19)(H,16,20). The van der Waals surface area contributed by atoms with Gasteiger partial charge in [-0.1, -0.05) is 31.5 Å². The summed E-state index contributed by atoms with van der Waals surface area (Å²) in [6.45, 7) is 2.20. The molecule has 0 aromatic carbocycles. The quantitative estimate of drug-likeness (QED) is 0.811. The molecule has 2 N–H and O–H groups in total. The maximum Gasteiger partial charge on any atom is 0.344 e. The van der Waals surface area contributed by atoms with Crippen LogP contribution in [0, 0.1) is 5.92 Å². The molecule has 0 bridgehead atoms. The van der Waals surface area contributed by atoms with E-state index in [1.165, 1.54) is 31.0 Å². The zero-order chi connectivity index (χ0) is 14.8. The first-order valence-electron chi connectivity index (χ1n) is 7.74. The molecule has 2 unspecified atom stereocenters. The highest BCUT2D eigenvalue weighted by atomic mass is 32.2. The van der Waals surface area contributed by atoms with E-state index in [1.807, 2.05) is 0 Å². The van der Waals surface area contributed by atoms with Gasteiger partial charge in [0.25, 0.3) is 0 Å². The van der Waals surface area contributed by atoms with E-state index in [1.54, 1.807) is 4.57 Å². The fourth-order valence-electron chi connectivity index (χ4n) is 2.96. The molecule has 0 spiro atoms. The summed E-state index contributed by atoms with van der Waals surface area (Å²) in [6.07, 6.45) is 6.79. The van der Waals surface area contributed by atoms with Gasteiger partial charge in [0, 0.05) is 12.1 Å². The average molecular weight is 310 g/mol. The lowest BCUT2D eigenvalue weighted by atomic mass is 9.86. The van der Waals surface area contributed by atoms with Gasteiger partial charge in [0.05, 0.1) is 5.75 Å². The van der Waals surface area contributed by atoms with E-state index in [0.29, 0.717) is 22.9 Å². The number of nitrogens with one attached hydrogen (secondary N) is 2. The maximum absolute atomic E-state index is 12.1. The fraction of sp³-hybridized carbons (Fsp3) is 0.786. The van der Waals surface area contributed by atoms with Gasteiger partial charge in [0.15, 0.2) is 5.16 Å². The van der Waals surface area contributed by atoms with Gasteiger partial charge in [-0.15, -0.1) is 5.10 Å². The van der Waals surface area contributed by atoms with E-state index in [0.717, 1.165) is 19.3 Å². The Kier molecular flexibility index (Phi) is 4.37. The van der Waals surface area contributed by atoms with Crippen molar-refractivity contribution in [3.8, 4) is 0 Å². The summed E-state index contributed by atoms with van der Waals surface area (Å²) in [5, 5.41) is 10.3. The molecule has 2 atom stereocenters. The van der Waals surface area contributed by atoms with E-state index in [-0.39, 0.29) is 17.6 Å². The molecule has 2 fully saturated rings. The zero-order valence-corrected chi connectivity index (χ0v) is 13.1. The number of carbonyl (C=O) groups is 1. The smallest absolute Gasteiger partial charge is 0.344 e. The Balaban J connectivity index is 1.53. The van der Waals surface area contributed by atoms with Gasteiger partial charge in [0.1, 0.15) is 0 Å². The molecular formula is C14H22N4O2S. The third-order valence-electron chi connectivity index (χ3n) is 4.37. The Morgan fingerprint density at radius 3 is 2.86 bits per heavy atom. The third-order valence-corrected chi connectivity index (χ3v) is 5.33. The lowest BCUT2D eigenvalue weighted by Crippen LogP contribution is -2.41. The first-order chi connectivity index (χ1) is 10.1. The van der Waals surface area contributed by atoms with Crippen molar-refractivity contribution in [3.63, 3.8) is 0 Å². The SMILES string of the molecule is CC1CCCCC1NC(=O)CSc1n[nH]c(=O)n1C1CC1. The number of hydrogen-bond donors (Lipinski definition) is 2. The number of thioether (sulfide) groups is 1. The van der Waals surface area contributed by atoms with Gasteiger partial charge in [0.2, 0.25) is 5.91 Å². The van der Waals surface area contributed by atoms with Gasteiger partial charge >= 0.3 is 5.69 Å². The van der Waals surface area contributed by atoms with Crippen LogP contribution in [0.5, 0.6) is 0 Å². The first kappa shape index (κ1) is 14.7. The highest BCUT2D eigenvalue weighted by Gasteiger charge is 2.29. The van der Waals surface area contributed by atoms with Crippen LogP contribution >= 0.6 is 11.8 Å². The van der Waals surface area contributed by atoms with Crippen LogP contribution in [0.25, 0.3) is 0 Å². The molecular weight excluding hydrogens is 288 g/mol. The first-order valence-corrected chi connectivity index (χ1v) is 8.73. The van der Waals surface area contributed by atoms with Crippen LogP contribution in [0.1, 0.15) is 51.5 Å². The molecule has 2 aliphatic carbocycles. The molecule has 7 heteroatoms. The number of nitrogens with zero attached hydrogens (tertiary/aromatic N) is 2. The molecule has 2 aliphatic rings. The lowest BCUT2D eigenvalue weighted by molar-refractivity contribution is -0.119. The largest absolute Gasteiger partial charge is 0.352 e. The van der Waals surface area contributed by atoms with Gasteiger partial charge < -0.3 is 5.32 Å². The molecule has 1 amide bonds. The van der Waals surface area contributed by atoms with Crippen molar-refractivity contribution >= 4 is 17.7 Å². The number of rotatable bonds is 5. The summed E-state index contributed by atoms with van der Waals surface area (Å²) in [6, 6.07) is 0.580. The monoisotopic (exact) mass is 310 g/mol. The predicted molar refractivity (Wildman–Crippen MR) is 81.4 cm³/mol. The van der Waals surface area contributed by atoms with E-state index in [4.69, 9.17) is 0 Å². The van der Waals surface area contributed by atoms with Crippen molar-refractivity contribution < 1.29 is 4.79 Å². The van der Waals surface area contributed by atoms with Crippen LogP contribution in [0.3, 0.4) is 0 Å². The zero-order valence-electron chi connectivity index (χ0n) is 12.3. The second kappa shape index (κ2) is 6.25. The van der Waals surface area contributed by atoms with Crippen molar-refractivity contribution in [3.05, 3.63) is 10.5 Å². The maximum atomic E-state index is 12.1. The molecule has 21 heavy (non-hydrogen) atoms. The highest BCUT2D eigenvalue weighted by Crippen LogP contribution is 2.36. The van der Waals surface area contributed by atoms with Gasteiger partial charge in [-0.2, -0.15) is 0 Å². The highest BCUT2D eigenvalue weighted by molar-refractivity contribution is 7.99. The van der Waals surface area contributed by atoms with E-state index < -0.39 is 0 Å². The molecule has 0 radical (unpaired) electrons. The Hall–Kier alpha value is -1.24. The molecule has 116 valence electrons. The molecule has 0 aliphatic heterocycles. The molecule has 1 aromatic rings. The summed E-state index contributed by atoms with van der Waals surface area (Å²) in [5.74, 6) is 0.916. The molecule has 1 heterocycles. The van der Waals surface area contributed by atoms with Crippen LogP contribution in [-0.4, -0.2) is 32.5 Å². The number of aromatic nitrogens is 3. The van der Waals surface area contributed by atoms with Gasteiger partial charge in [-0.25, -0.2) is 9.89 Å². The normalized spacial score (nSPS) is 25.8. The lowest BCUT2D eigenvalue weighted by Gasteiger charge is -2.29. The van der Waals surface area contributed by atoms with E-state index in [2.05, 4.69) is 22.4 Å². The topological polar surface area (TPSA) is 79.8 Å². The van der Waals surface area contributed by atoms with E-state index in [9.17, 15) is 9.59 Å². The predicted octanol–water partition coefficient (Wildman–Crippen LogP) is 1.69. The number of amides is 1. The minimum atomic E-state index is -0.165. The van der Waals surface area contributed by atoms with Crippen LogP contribution in [-0.2, 0) is 4.79 Å². The minimum Gasteiger partial charge on any atom is -0.352 e. The van der Waals surface area contributed by atoms with Crippen LogP contribution in [0.2, 0.25) is 0 Å². The Labute approximate surface area is 128 Å². The van der Waals surface area contributed by atoms with Crippen molar-refractivity contribution in [1.29, 1.82) is 0 Å². The van der Waals surface area contributed by atoms with Gasteiger partial charge in [-0.05, 0) is 31.6 Å². The van der Waals surface area contributed by atoms with E-state index >= 15 is 0 Å². The summed E-state index contributed by atoms with van der Waals surface area (Å²) < 4.78 is 1.68. The Morgan fingerprint density at radius 1 is 1.38 bits per heavy atom. The summed E-state index contributed by atoms with van der Waals surface area (Å²) >= 11 is 1.34. The number of hydrogen-bond acceptors (Lipinski definition) is 4. The number of H-pyrrole nitrogens is 1. The van der Waals surface area contributed by atoms with Crippen molar-refractivity contribution in [2.45, 2.75) is 62.7 Å². The van der Waals surface area contributed by atoms with Crippen molar-refractivity contribution in [1.82, 2.24) is 20.1 Å². The summed E-state index contributed by atoms with van der Waals surface area (Å²) in [7, 11) is 0. The van der Waals surface area contributed by atoms with Crippen molar-refractivity contribution in [2.75, 3.05) is 5.75 Å². The molecule has 1 aromatic heterocycles. The van der Waals surface area contributed by atoms with Crippen LogP contribution < -0.4 is 11.0 Å². The van der Waals surface area contributed by atoms with Gasteiger partial charge in [-0.3, -0.25) is 9.36 Å². The number of aromatic amines is 1.